The first kappa shape index (κ1) is 26.9. The van der Waals surface area contributed by atoms with Gasteiger partial charge >= 0.3 is 0 Å². The SMILES string of the molecule is N#CC(C#N)=C1C(c2cc(F)cc(F)c2)=C(C#N)c2cc3c(cc21)C(=C(C#N)C#N)C(c1cc(F)cc(F)c1)=C3C#N. The van der Waals surface area contributed by atoms with Crippen molar-refractivity contribution in [2.45, 2.75) is 0 Å². The Morgan fingerprint density at radius 1 is 0.429 bits per heavy atom. The van der Waals surface area contributed by atoms with Gasteiger partial charge in [-0.3, -0.25) is 0 Å². The van der Waals surface area contributed by atoms with E-state index in [9.17, 15) is 49.1 Å². The van der Waals surface area contributed by atoms with Crippen LogP contribution in [-0.4, -0.2) is 0 Å². The fourth-order valence-electron chi connectivity index (χ4n) is 5.21. The molecule has 194 valence electrons. The number of allylic oxidation sites excluding steroid dienone is 8. The van der Waals surface area contributed by atoms with Gasteiger partial charge < -0.3 is 0 Å². The molecule has 0 aromatic heterocycles. The molecule has 0 radical (unpaired) electrons. The Bertz CT molecular complexity index is 1970. The molecule has 0 aliphatic heterocycles. The highest BCUT2D eigenvalue weighted by Crippen LogP contribution is 2.54. The maximum atomic E-state index is 14.2. The number of nitrogens with zero attached hydrogens (tertiary/aromatic N) is 6. The first-order valence-corrected chi connectivity index (χ1v) is 11.7. The molecule has 10 heteroatoms. The van der Waals surface area contributed by atoms with Gasteiger partial charge in [-0.1, -0.05) is 0 Å². The molecule has 0 N–H and O–H groups in total. The van der Waals surface area contributed by atoms with Gasteiger partial charge in [0.1, 0.15) is 70.8 Å². The van der Waals surface area contributed by atoms with Crippen LogP contribution in [0.2, 0.25) is 0 Å². The summed E-state index contributed by atoms with van der Waals surface area (Å²) in [4.78, 5) is 0. The van der Waals surface area contributed by atoms with E-state index in [-0.39, 0.29) is 66.8 Å². The zero-order chi connectivity index (χ0) is 30.3. The van der Waals surface area contributed by atoms with Crippen LogP contribution in [0.1, 0.15) is 33.4 Å². The molecule has 0 spiro atoms. The van der Waals surface area contributed by atoms with E-state index in [1.54, 1.807) is 24.3 Å². The van der Waals surface area contributed by atoms with Crippen molar-refractivity contribution in [1.82, 2.24) is 0 Å². The van der Waals surface area contributed by atoms with E-state index in [0.717, 1.165) is 24.3 Å². The highest BCUT2D eigenvalue weighted by molar-refractivity contribution is 6.29. The Hall–Kier alpha value is -6.72. The summed E-state index contributed by atoms with van der Waals surface area (Å²) in [7, 11) is 0. The minimum atomic E-state index is -0.984. The smallest absolute Gasteiger partial charge is 0.138 e. The van der Waals surface area contributed by atoms with E-state index >= 15 is 0 Å². The van der Waals surface area contributed by atoms with Crippen LogP contribution in [0.15, 0.2) is 59.7 Å². The van der Waals surface area contributed by atoms with Crippen LogP contribution >= 0.6 is 0 Å². The molecule has 0 bridgehead atoms. The molecule has 42 heavy (non-hydrogen) atoms. The molecule has 2 aliphatic rings. The second-order valence-corrected chi connectivity index (χ2v) is 8.93. The molecule has 0 atom stereocenters. The zero-order valence-electron chi connectivity index (χ0n) is 20.8. The molecule has 0 saturated heterocycles. The maximum absolute atomic E-state index is 14.2. The van der Waals surface area contributed by atoms with Crippen molar-refractivity contribution in [3.63, 3.8) is 0 Å². The summed E-state index contributed by atoms with van der Waals surface area (Å²) >= 11 is 0. The lowest BCUT2D eigenvalue weighted by atomic mass is 9.89. The van der Waals surface area contributed by atoms with E-state index in [2.05, 4.69) is 0 Å². The number of hydrogen-bond donors (Lipinski definition) is 0. The summed E-state index contributed by atoms with van der Waals surface area (Å²) in [6.07, 6.45) is 0. The third kappa shape index (κ3) is 3.99. The molecule has 0 saturated carbocycles. The van der Waals surface area contributed by atoms with Crippen molar-refractivity contribution in [1.29, 1.82) is 31.6 Å². The van der Waals surface area contributed by atoms with Gasteiger partial charge in [0.15, 0.2) is 0 Å². The second kappa shape index (κ2) is 10.1. The number of halogens is 4. The van der Waals surface area contributed by atoms with Gasteiger partial charge in [-0.2, -0.15) is 31.6 Å². The fourth-order valence-corrected chi connectivity index (χ4v) is 5.21. The van der Waals surface area contributed by atoms with Crippen molar-refractivity contribution in [3.8, 4) is 36.4 Å². The Morgan fingerprint density at radius 2 is 0.738 bits per heavy atom. The minimum absolute atomic E-state index is 0.0692. The molecule has 3 aromatic carbocycles. The molecule has 0 fully saturated rings. The predicted molar refractivity (Wildman–Crippen MR) is 140 cm³/mol. The maximum Gasteiger partial charge on any atom is 0.138 e. The molecule has 2 aliphatic carbocycles. The lowest BCUT2D eigenvalue weighted by Gasteiger charge is -2.12. The van der Waals surface area contributed by atoms with Gasteiger partial charge in [0.05, 0.1) is 11.1 Å². The first-order valence-electron chi connectivity index (χ1n) is 11.7. The Kier molecular flexibility index (Phi) is 6.47. The van der Waals surface area contributed by atoms with Gasteiger partial charge in [-0.15, -0.1) is 0 Å². The minimum Gasteiger partial charge on any atom is -0.207 e. The fraction of sp³-hybridized carbons (Fsp3) is 0. The predicted octanol–water partition coefficient (Wildman–Crippen LogP) is 6.74. The van der Waals surface area contributed by atoms with Crippen LogP contribution in [-0.2, 0) is 0 Å². The van der Waals surface area contributed by atoms with E-state index in [1.807, 2.05) is 12.1 Å². The molecule has 5 rings (SSSR count). The van der Waals surface area contributed by atoms with Crippen molar-refractivity contribution < 1.29 is 17.6 Å². The van der Waals surface area contributed by atoms with Crippen molar-refractivity contribution in [2.75, 3.05) is 0 Å². The average Bonchev–Trinajstić information content (AvgIpc) is 3.44. The van der Waals surface area contributed by atoms with Crippen molar-refractivity contribution in [2.24, 2.45) is 0 Å². The lowest BCUT2D eigenvalue weighted by molar-refractivity contribution is 0.582. The summed E-state index contributed by atoms with van der Waals surface area (Å²) in [5.41, 5.74) is -1.86. The standard InChI is InChI=1S/C32H8F4N6/c33-19-1-15(2-20(34)5-19)29-27(13-41)23-7-24-26(8-25(23)31(29)17(9-37)10-38)32(18(11-39)12-40)30(28(24)14-42)16-3-21(35)6-22(36)4-16/h1-8H. The molecule has 6 nitrogen and oxygen atoms in total. The van der Waals surface area contributed by atoms with Crippen LogP contribution in [0, 0.1) is 91.3 Å². The van der Waals surface area contributed by atoms with Crippen LogP contribution in [0.4, 0.5) is 17.6 Å². The van der Waals surface area contributed by atoms with Gasteiger partial charge in [0, 0.05) is 45.6 Å². The summed E-state index contributed by atoms with van der Waals surface area (Å²) in [6.45, 7) is 0. The second-order valence-electron chi connectivity index (χ2n) is 8.93. The number of hydrogen-bond acceptors (Lipinski definition) is 6. The summed E-state index contributed by atoms with van der Waals surface area (Å²) < 4.78 is 57.0. The summed E-state index contributed by atoms with van der Waals surface area (Å²) in [6, 6.07) is 18.4. The summed E-state index contributed by atoms with van der Waals surface area (Å²) in [5.74, 6) is -3.93. The third-order valence-corrected chi connectivity index (χ3v) is 6.71. The largest absolute Gasteiger partial charge is 0.207 e. The van der Waals surface area contributed by atoms with Crippen molar-refractivity contribution in [3.05, 3.63) is 116 Å². The zero-order valence-corrected chi connectivity index (χ0v) is 20.8. The third-order valence-electron chi connectivity index (χ3n) is 6.71. The molecule has 0 amide bonds. The number of nitriles is 6. The van der Waals surface area contributed by atoms with Gasteiger partial charge in [-0.05, 0) is 58.7 Å². The topological polar surface area (TPSA) is 143 Å². The number of rotatable bonds is 2. The van der Waals surface area contributed by atoms with Crippen LogP contribution < -0.4 is 0 Å². The Balaban J connectivity index is 1.96. The highest BCUT2D eigenvalue weighted by atomic mass is 19.1. The van der Waals surface area contributed by atoms with E-state index in [0.29, 0.717) is 12.1 Å². The van der Waals surface area contributed by atoms with E-state index in [1.165, 1.54) is 12.1 Å². The molecule has 0 heterocycles. The summed E-state index contributed by atoms with van der Waals surface area (Å²) in [5, 5.41) is 59.4. The highest BCUT2D eigenvalue weighted by Gasteiger charge is 2.37. The molecular formula is C32H8F4N6. The van der Waals surface area contributed by atoms with Crippen molar-refractivity contribution >= 4 is 33.4 Å². The quantitative estimate of drug-likeness (QED) is 0.254. The molecular weight excluding hydrogens is 544 g/mol. The van der Waals surface area contributed by atoms with Gasteiger partial charge in [0.25, 0.3) is 0 Å². The normalized spacial score (nSPS) is 12.8. The van der Waals surface area contributed by atoms with E-state index in [4.69, 9.17) is 0 Å². The number of fused-ring (bicyclic) bond motifs is 2. The molecule has 0 unspecified atom stereocenters. The van der Waals surface area contributed by atoms with Crippen LogP contribution in [0.3, 0.4) is 0 Å². The lowest BCUT2D eigenvalue weighted by Crippen LogP contribution is -1.96. The van der Waals surface area contributed by atoms with Gasteiger partial charge in [-0.25, -0.2) is 17.6 Å². The first-order chi connectivity index (χ1) is 20.2. The monoisotopic (exact) mass is 552 g/mol. The molecule has 3 aromatic rings. The Morgan fingerprint density at radius 3 is 1.02 bits per heavy atom. The van der Waals surface area contributed by atoms with Crippen LogP contribution in [0.5, 0.6) is 0 Å². The van der Waals surface area contributed by atoms with E-state index < -0.39 is 34.4 Å². The Labute approximate surface area is 235 Å². The van der Waals surface area contributed by atoms with Gasteiger partial charge in [0.2, 0.25) is 0 Å². The van der Waals surface area contributed by atoms with Crippen LogP contribution in [0.25, 0.3) is 33.4 Å². The number of benzene rings is 3. The average molecular weight is 552 g/mol.